The molecule has 8 heteroatoms. The van der Waals surface area contributed by atoms with Gasteiger partial charge in [-0.05, 0) is 107 Å². The molecule has 7 nitrogen and oxygen atoms in total. The first-order chi connectivity index (χ1) is 20.5. The van der Waals surface area contributed by atoms with Gasteiger partial charge in [-0.25, -0.2) is 4.39 Å². The van der Waals surface area contributed by atoms with E-state index in [2.05, 4.69) is 22.0 Å². The van der Waals surface area contributed by atoms with Crippen LogP contribution in [-0.2, 0) is 11.2 Å². The van der Waals surface area contributed by atoms with Gasteiger partial charge in [-0.2, -0.15) is 0 Å². The van der Waals surface area contributed by atoms with Crippen molar-refractivity contribution in [1.82, 2.24) is 4.90 Å². The van der Waals surface area contributed by atoms with Crippen LogP contribution in [0.4, 0.5) is 15.8 Å². The number of hydrogen-bond donors (Lipinski definition) is 0. The zero-order valence-corrected chi connectivity index (χ0v) is 24.4. The number of anilines is 2. The molecular weight excluding hydrogens is 533 g/mol. The van der Waals surface area contributed by atoms with Crippen LogP contribution in [0.1, 0.15) is 54.6 Å². The van der Waals surface area contributed by atoms with E-state index in [0.717, 1.165) is 62.3 Å². The van der Waals surface area contributed by atoms with Crippen LogP contribution in [-0.4, -0.2) is 62.2 Å². The first-order valence-corrected chi connectivity index (χ1v) is 14.8. The molecule has 0 aliphatic carbocycles. The third-order valence-electron chi connectivity index (χ3n) is 7.86. The molecular formula is C34H38FN3O4. The van der Waals surface area contributed by atoms with E-state index in [4.69, 9.17) is 9.47 Å². The summed E-state index contributed by atoms with van der Waals surface area (Å²) < 4.78 is 24.8. The maximum Gasteiger partial charge on any atom is 0.253 e. The molecule has 0 unspecified atom stereocenters. The Bertz CT molecular complexity index is 1410. The molecule has 0 atom stereocenters. The maximum atomic E-state index is 13.2. The highest BCUT2D eigenvalue weighted by molar-refractivity contribution is 6.08. The molecule has 0 aromatic heterocycles. The lowest BCUT2D eigenvalue weighted by Crippen LogP contribution is -2.37. The number of amides is 1. The minimum atomic E-state index is -0.320. The number of halogens is 1. The predicted octanol–water partition coefficient (Wildman–Crippen LogP) is 6.25. The molecule has 0 saturated carbocycles. The van der Waals surface area contributed by atoms with Crippen LogP contribution in [0.15, 0.2) is 65.7 Å². The van der Waals surface area contributed by atoms with Crippen molar-refractivity contribution in [2.24, 2.45) is 10.9 Å². The summed E-state index contributed by atoms with van der Waals surface area (Å²) in [5.74, 6) is 0.941. The first kappa shape index (κ1) is 29.5. The molecule has 1 saturated heterocycles. The number of hydrogen-bond acceptors (Lipinski definition) is 6. The van der Waals surface area contributed by atoms with E-state index in [-0.39, 0.29) is 30.0 Å². The number of ketones is 1. The quantitative estimate of drug-likeness (QED) is 0.255. The van der Waals surface area contributed by atoms with Crippen LogP contribution in [0.25, 0.3) is 0 Å². The minimum absolute atomic E-state index is 0.00635. The molecule has 42 heavy (non-hydrogen) atoms. The van der Waals surface area contributed by atoms with E-state index in [1.54, 1.807) is 23.2 Å². The number of carbonyl (C=O) groups is 2. The number of piperidine rings is 1. The molecule has 0 N–H and O–H groups in total. The zero-order chi connectivity index (χ0) is 29.5. The van der Waals surface area contributed by atoms with Crippen molar-refractivity contribution in [2.75, 3.05) is 44.3 Å². The number of ether oxygens (including phenoxy) is 2. The fraction of sp³-hybridized carbons (Fsp3) is 0.382. The summed E-state index contributed by atoms with van der Waals surface area (Å²) in [7, 11) is 0. The van der Waals surface area contributed by atoms with E-state index in [9.17, 15) is 14.0 Å². The summed E-state index contributed by atoms with van der Waals surface area (Å²) >= 11 is 0. The van der Waals surface area contributed by atoms with Crippen LogP contribution in [0.5, 0.6) is 11.5 Å². The first-order valence-electron chi connectivity index (χ1n) is 14.8. The fourth-order valence-electron chi connectivity index (χ4n) is 5.70. The molecule has 3 aromatic carbocycles. The highest BCUT2D eigenvalue weighted by Gasteiger charge is 2.26. The summed E-state index contributed by atoms with van der Waals surface area (Å²) in [6.45, 7) is 7.66. The lowest BCUT2D eigenvalue weighted by atomic mass is 9.89. The summed E-state index contributed by atoms with van der Waals surface area (Å²) in [5, 5.41) is 0. The van der Waals surface area contributed by atoms with Crippen molar-refractivity contribution in [3.05, 3.63) is 83.2 Å². The molecule has 2 aliphatic rings. The Morgan fingerprint density at radius 1 is 0.952 bits per heavy atom. The molecule has 0 radical (unpaired) electrons. The van der Waals surface area contributed by atoms with Crippen LogP contribution in [0.3, 0.4) is 0 Å². The summed E-state index contributed by atoms with van der Waals surface area (Å²) in [5.41, 5.74) is 4.12. The average molecular weight is 572 g/mol. The summed E-state index contributed by atoms with van der Waals surface area (Å²) in [6, 6.07) is 17.8. The molecule has 0 bridgehead atoms. The molecule has 2 heterocycles. The van der Waals surface area contributed by atoms with Gasteiger partial charge in [0.25, 0.3) is 5.91 Å². The van der Waals surface area contributed by atoms with Gasteiger partial charge in [-0.15, -0.1) is 0 Å². The Balaban J connectivity index is 1.18. The van der Waals surface area contributed by atoms with Crippen molar-refractivity contribution >= 4 is 29.3 Å². The largest absolute Gasteiger partial charge is 0.490 e. The van der Waals surface area contributed by atoms with Gasteiger partial charge in [0.2, 0.25) is 0 Å². The van der Waals surface area contributed by atoms with E-state index in [1.807, 2.05) is 38.1 Å². The molecule has 1 fully saturated rings. The van der Waals surface area contributed by atoms with Gasteiger partial charge in [0, 0.05) is 35.0 Å². The lowest BCUT2D eigenvalue weighted by molar-refractivity contribution is -0.116. The summed E-state index contributed by atoms with van der Waals surface area (Å²) in [4.78, 5) is 34.4. The third-order valence-corrected chi connectivity index (χ3v) is 7.86. The maximum absolute atomic E-state index is 13.2. The van der Waals surface area contributed by atoms with E-state index >= 15 is 0 Å². The van der Waals surface area contributed by atoms with Gasteiger partial charge in [0.15, 0.2) is 17.3 Å². The second-order valence-electron chi connectivity index (χ2n) is 10.7. The number of aryl methyl sites for hydroxylation is 1. The summed E-state index contributed by atoms with van der Waals surface area (Å²) in [6.07, 6.45) is 5.32. The normalized spacial score (nSPS) is 15.8. The van der Waals surface area contributed by atoms with Gasteiger partial charge in [-0.1, -0.05) is 12.1 Å². The van der Waals surface area contributed by atoms with Crippen molar-refractivity contribution in [2.45, 2.75) is 39.5 Å². The van der Waals surface area contributed by atoms with Crippen LogP contribution >= 0.6 is 0 Å². The zero-order valence-electron chi connectivity index (χ0n) is 24.4. The highest BCUT2D eigenvalue weighted by Crippen LogP contribution is 2.39. The number of nitrogens with zero attached hydrogens (tertiary/aromatic N) is 3. The van der Waals surface area contributed by atoms with Crippen LogP contribution < -0.4 is 14.4 Å². The van der Waals surface area contributed by atoms with E-state index in [1.165, 1.54) is 17.7 Å². The number of fused-ring (bicyclic) bond motifs is 1. The number of rotatable bonds is 11. The molecule has 0 spiro atoms. The van der Waals surface area contributed by atoms with Crippen LogP contribution in [0, 0.1) is 11.7 Å². The third kappa shape index (κ3) is 6.87. The Kier molecular flexibility index (Phi) is 9.64. The van der Waals surface area contributed by atoms with Gasteiger partial charge in [-0.3, -0.25) is 19.5 Å². The lowest BCUT2D eigenvalue weighted by Gasteiger charge is -2.31. The molecule has 2 aliphatic heterocycles. The van der Waals surface area contributed by atoms with Crippen molar-refractivity contribution in [3.63, 3.8) is 0 Å². The topological polar surface area (TPSA) is 71.4 Å². The Labute approximate surface area is 247 Å². The number of benzodiazepines with no additional fused rings is 1. The molecule has 3 aromatic rings. The smallest absolute Gasteiger partial charge is 0.253 e. The van der Waals surface area contributed by atoms with Gasteiger partial charge < -0.3 is 14.4 Å². The van der Waals surface area contributed by atoms with Gasteiger partial charge in [0.05, 0.1) is 18.9 Å². The van der Waals surface area contributed by atoms with Crippen LogP contribution in [0.2, 0.25) is 0 Å². The average Bonchev–Trinajstić information content (AvgIpc) is 3.16. The minimum Gasteiger partial charge on any atom is -0.490 e. The molecule has 220 valence electrons. The Morgan fingerprint density at radius 3 is 2.29 bits per heavy atom. The van der Waals surface area contributed by atoms with Gasteiger partial charge >= 0.3 is 0 Å². The van der Waals surface area contributed by atoms with E-state index < -0.39 is 0 Å². The number of Topliss-reactive ketones (excluding diaryl/α,β-unsaturated/α-hetero) is 1. The number of aliphatic imine (C=N–C) groups is 1. The Morgan fingerprint density at radius 2 is 1.62 bits per heavy atom. The second kappa shape index (κ2) is 13.7. The molecule has 5 rings (SSSR count). The SMILES string of the molecule is CCOc1cc2c(cc1OCC)N(c1ccc(CCCN3CCC(C(=O)c4ccc(F)cc4)CC3)cc1)C(=O)CN=C2. The number of benzene rings is 3. The second-order valence-corrected chi connectivity index (χ2v) is 10.7. The van der Waals surface area contributed by atoms with Crippen molar-refractivity contribution in [1.29, 1.82) is 0 Å². The fourth-order valence-corrected chi connectivity index (χ4v) is 5.70. The van der Waals surface area contributed by atoms with Gasteiger partial charge in [0.1, 0.15) is 12.4 Å². The highest BCUT2D eigenvalue weighted by atomic mass is 19.1. The van der Waals surface area contributed by atoms with E-state index in [0.29, 0.717) is 30.3 Å². The standard InChI is InChI=1S/C34H38FN3O4/c1-3-41-31-20-27-22-36-23-33(39)38(30(27)21-32(31)42-4-2)29-13-7-24(8-14-29)6-5-17-37-18-15-26(16-19-37)34(40)25-9-11-28(35)12-10-25/h7-14,20-22,26H,3-6,15-19,23H2,1-2H3. The van der Waals surface area contributed by atoms with Crippen molar-refractivity contribution in [3.8, 4) is 11.5 Å². The number of carbonyl (C=O) groups excluding carboxylic acids is 2. The monoisotopic (exact) mass is 571 g/mol. The van der Waals surface area contributed by atoms with Crippen molar-refractivity contribution < 1.29 is 23.5 Å². The molecule has 1 amide bonds. The Hall–Kier alpha value is -4.04. The predicted molar refractivity (Wildman–Crippen MR) is 163 cm³/mol. The number of likely N-dealkylation sites (tertiary alicyclic amines) is 1.